The molecule has 0 amide bonds. The summed E-state index contributed by atoms with van der Waals surface area (Å²) >= 11 is 0. The number of benzene rings is 1. The van der Waals surface area contributed by atoms with E-state index < -0.39 is 11.6 Å². The van der Waals surface area contributed by atoms with Gasteiger partial charge >= 0.3 is 0 Å². The van der Waals surface area contributed by atoms with Crippen molar-refractivity contribution in [1.29, 1.82) is 0 Å². The molecule has 2 nitrogen and oxygen atoms in total. The summed E-state index contributed by atoms with van der Waals surface area (Å²) in [5.74, 6) is -1.07. The Hall–Kier alpha value is -1.84. The van der Waals surface area contributed by atoms with E-state index in [4.69, 9.17) is 11.5 Å². The number of hydrogen-bond acceptors (Lipinski definition) is 2. The molecule has 0 spiro atoms. The van der Waals surface area contributed by atoms with Gasteiger partial charge in [-0.05, 0) is 49.5 Å². The molecule has 4 heteroatoms. The summed E-state index contributed by atoms with van der Waals surface area (Å²) in [4.78, 5) is 0. The molecule has 1 aromatic rings. The van der Waals surface area contributed by atoms with E-state index in [0.717, 1.165) is 30.5 Å². The topological polar surface area (TPSA) is 52.0 Å². The molecule has 0 aliphatic heterocycles. The molecule has 1 aromatic carbocycles. The predicted molar refractivity (Wildman–Crippen MR) is 107 cm³/mol. The Morgan fingerprint density at radius 3 is 1.92 bits per heavy atom. The smallest absolute Gasteiger partial charge is 0.135 e. The Balaban J connectivity index is 0. The summed E-state index contributed by atoms with van der Waals surface area (Å²) in [7, 11) is 0. The van der Waals surface area contributed by atoms with Crippen LogP contribution in [0.2, 0.25) is 0 Å². The average molecular weight is 355 g/mol. The molecule has 1 atom stereocenters. The van der Waals surface area contributed by atoms with E-state index in [0.29, 0.717) is 0 Å². The fraction of sp³-hybridized carbons (Fsp3) is 0.524. The molecule has 144 valence electrons. The Kier molecular flexibility index (Phi) is 14.7. The minimum absolute atomic E-state index is 0.0531. The fourth-order valence-corrected chi connectivity index (χ4v) is 2.41. The highest BCUT2D eigenvalue weighted by Crippen LogP contribution is 2.23. The molecular weight excluding hydrogens is 318 g/mol. The molecule has 1 unspecified atom stereocenters. The van der Waals surface area contributed by atoms with Crippen LogP contribution in [0.3, 0.4) is 0 Å². The van der Waals surface area contributed by atoms with E-state index >= 15 is 0 Å². The van der Waals surface area contributed by atoms with Gasteiger partial charge in [-0.2, -0.15) is 0 Å². The number of hydrogen-bond donors (Lipinski definition) is 2. The highest BCUT2D eigenvalue weighted by atomic mass is 19.1. The Labute approximate surface area is 153 Å². The summed E-state index contributed by atoms with van der Waals surface area (Å²) in [5.41, 5.74) is 13.3. The predicted octanol–water partition coefficient (Wildman–Crippen LogP) is 6.38. The second-order valence-electron chi connectivity index (χ2n) is 5.23. The molecule has 4 N–H and O–H groups in total. The van der Waals surface area contributed by atoms with Crippen molar-refractivity contribution in [2.45, 2.75) is 67.7 Å². The van der Waals surface area contributed by atoms with Crippen LogP contribution in [0.15, 0.2) is 35.5 Å². The van der Waals surface area contributed by atoms with Crippen LogP contribution in [0, 0.1) is 17.6 Å². The lowest BCUT2D eigenvalue weighted by Gasteiger charge is -2.16. The summed E-state index contributed by atoms with van der Waals surface area (Å²) in [5, 5.41) is 0. The minimum atomic E-state index is -0.671. The Morgan fingerprint density at radius 2 is 1.52 bits per heavy atom. The van der Waals surface area contributed by atoms with Gasteiger partial charge in [0.25, 0.3) is 0 Å². The maximum absolute atomic E-state index is 13.7. The van der Waals surface area contributed by atoms with Crippen LogP contribution in [0.4, 0.5) is 8.78 Å². The molecule has 1 rings (SSSR count). The quantitative estimate of drug-likeness (QED) is 0.583. The normalized spacial score (nSPS) is 12.9. The van der Waals surface area contributed by atoms with Crippen molar-refractivity contribution in [2.75, 3.05) is 0 Å². The van der Waals surface area contributed by atoms with Gasteiger partial charge in [0.05, 0.1) is 5.56 Å². The summed E-state index contributed by atoms with van der Waals surface area (Å²) in [6, 6.07) is 3.69. The van der Waals surface area contributed by atoms with Crippen LogP contribution < -0.4 is 11.5 Å². The van der Waals surface area contributed by atoms with E-state index in [-0.39, 0.29) is 17.2 Å². The molecule has 0 aliphatic carbocycles. The zero-order valence-corrected chi connectivity index (χ0v) is 16.9. The third-order valence-electron chi connectivity index (χ3n) is 3.65. The second-order valence-corrected chi connectivity index (χ2v) is 5.23. The number of rotatable bonds is 6. The summed E-state index contributed by atoms with van der Waals surface area (Å²) in [6.45, 7) is 14.0. The van der Waals surface area contributed by atoms with Crippen LogP contribution >= 0.6 is 0 Å². The summed E-state index contributed by atoms with van der Waals surface area (Å²) in [6.07, 6.45) is 4.50. The standard InChI is InChI=1S/C17H24F2N2.2C2H6/c1-4-7-12(5-2)17(21)11(3)10-15(20)16-13(18)8-6-9-14(16)19;2*1-2/h6,8-10,12H,4-5,7,20-21H2,1-3H3;2*1-2H3/b15-10-,17-11-;;. The third kappa shape index (κ3) is 8.19. The van der Waals surface area contributed by atoms with Gasteiger partial charge in [-0.25, -0.2) is 8.78 Å². The van der Waals surface area contributed by atoms with Crippen LogP contribution in [0.25, 0.3) is 5.70 Å². The third-order valence-corrected chi connectivity index (χ3v) is 3.65. The van der Waals surface area contributed by atoms with E-state index in [2.05, 4.69) is 13.8 Å². The van der Waals surface area contributed by atoms with Crippen molar-refractivity contribution in [3.63, 3.8) is 0 Å². The lowest BCUT2D eigenvalue weighted by molar-refractivity contribution is 0.526. The van der Waals surface area contributed by atoms with E-state index in [1.807, 2.05) is 34.6 Å². The minimum Gasteiger partial charge on any atom is -0.402 e. The Bertz CT molecular complexity index is 529. The highest BCUT2D eigenvalue weighted by molar-refractivity contribution is 5.66. The van der Waals surface area contributed by atoms with Crippen molar-refractivity contribution in [3.05, 3.63) is 52.7 Å². The summed E-state index contributed by atoms with van der Waals surface area (Å²) < 4.78 is 27.4. The second kappa shape index (κ2) is 14.5. The average Bonchev–Trinajstić information content (AvgIpc) is 2.62. The molecular formula is C21H36F2N2. The number of halogens is 2. The molecule has 0 aliphatic rings. The molecule has 0 saturated heterocycles. The first-order valence-electron chi connectivity index (χ1n) is 9.30. The van der Waals surface area contributed by atoms with Crippen molar-refractivity contribution in [3.8, 4) is 0 Å². The lowest BCUT2D eigenvalue weighted by atomic mass is 9.93. The first kappa shape index (κ1) is 25.4. The number of nitrogens with two attached hydrogens (primary N) is 2. The molecule has 0 radical (unpaired) electrons. The molecule has 0 fully saturated rings. The van der Waals surface area contributed by atoms with Crippen LogP contribution in [-0.2, 0) is 0 Å². The number of allylic oxidation sites excluding steroid dienone is 3. The fourth-order valence-electron chi connectivity index (χ4n) is 2.41. The van der Waals surface area contributed by atoms with Crippen molar-refractivity contribution in [1.82, 2.24) is 0 Å². The van der Waals surface area contributed by atoms with Gasteiger partial charge in [-0.1, -0.05) is 54.0 Å². The van der Waals surface area contributed by atoms with E-state index in [1.165, 1.54) is 18.2 Å². The van der Waals surface area contributed by atoms with Gasteiger partial charge in [0.15, 0.2) is 0 Å². The van der Waals surface area contributed by atoms with Gasteiger partial charge in [0, 0.05) is 11.4 Å². The highest BCUT2D eigenvalue weighted by Gasteiger charge is 2.13. The van der Waals surface area contributed by atoms with Crippen LogP contribution in [-0.4, -0.2) is 0 Å². The molecule has 0 heterocycles. The van der Waals surface area contributed by atoms with Crippen molar-refractivity contribution >= 4 is 5.70 Å². The zero-order chi connectivity index (χ0) is 20.0. The molecule has 0 bridgehead atoms. The monoisotopic (exact) mass is 354 g/mol. The first-order valence-corrected chi connectivity index (χ1v) is 9.30. The van der Waals surface area contributed by atoms with Crippen molar-refractivity contribution in [2.24, 2.45) is 17.4 Å². The van der Waals surface area contributed by atoms with Gasteiger partial charge in [0.1, 0.15) is 11.6 Å². The largest absolute Gasteiger partial charge is 0.402 e. The van der Waals surface area contributed by atoms with Crippen LogP contribution in [0.1, 0.15) is 73.3 Å². The van der Waals surface area contributed by atoms with Crippen molar-refractivity contribution < 1.29 is 8.78 Å². The molecule has 0 saturated carbocycles. The van der Waals surface area contributed by atoms with Crippen LogP contribution in [0.5, 0.6) is 0 Å². The SMILES string of the molecule is CC.CC.CCCC(CC)/C(N)=C(C)/C=C(\N)c1c(F)cccc1F. The van der Waals surface area contributed by atoms with Gasteiger partial charge in [-0.15, -0.1) is 0 Å². The zero-order valence-electron chi connectivity index (χ0n) is 16.9. The molecule has 25 heavy (non-hydrogen) atoms. The lowest BCUT2D eigenvalue weighted by Crippen LogP contribution is -2.13. The van der Waals surface area contributed by atoms with Gasteiger partial charge < -0.3 is 11.5 Å². The Morgan fingerprint density at radius 1 is 1.04 bits per heavy atom. The van der Waals surface area contributed by atoms with Gasteiger partial charge in [-0.3, -0.25) is 0 Å². The maximum Gasteiger partial charge on any atom is 0.135 e. The van der Waals surface area contributed by atoms with Gasteiger partial charge in [0.2, 0.25) is 0 Å². The first-order chi connectivity index (χ1) is 11.9. The van der Waals surface area contributed by atoms with E-state index in [1.54, 1.807) is 6.08 Å². The maximum atomic E-state index is 13.7. The molecule has 0 aromatic heterocycles. The van der Waals surface area contributed by atoms with E-state index in [9.17, 15) is 8.78 Å².